The summed E-state index contributed by atoms with van der Waals surface area (Å²) in [6, 6.07) is 14.0. The number of aromatic nitrogens is 3. The maximum absolute atomic E-state index is 12.3. The van der Waals surface area contributed by atoms with Crippen molar-refractivity contribution < 1.29 is 4.79 Å². The predicted molar refractivity (Wildman–Crippen MR) is 92.7 cm³/mol. The highest BCUT2D eigenvalue weighted by Gasteiger charge is 2.09. The molecule has 2 heterocycles. The van der Waals surface area contributed by atoms with E-state index in [1.54, 1.807) is 36.7 Å². The Morgan fingerprint density at radius 3 is 2.76 bits per heavy atom. The number of hydrogen-bond acceptors (Lipinski definition) is 6. The summed E-state index contributed by atoms with van der Waals surface area (Å²) < 4.78 is 0. The number of benzene rings is 1. The average Bonchev–Trinajstić information content (AvgIpc) is 2.67. The fraction of sp³-hybridized carbons (Fsp3) is 0.0556. The minimum atomic E-state index is -0.371. The van der Waals surface area contributed by atoms with E-state index in [0.717, 1.165) is 5.56 Å². The van der Waals surface area contributed by atoms with Crippen LogP contribution in [0.3, 0.4) is 0 Å². The normalized spacial score (nSPS) is 9.88. The van der Waals surface area contributed by atoms with Gasteiger partial charge in [-0.1, -0.05) is 6.07 Å². The van der Waals surface area contributed by atoms with Gasteiger partial charge in [-0.15, -0.1) is 0 Å². The van der Waals surface area contributed by atoms with Crippen LogP contribution in [0.4, 0.5) is 11.6 Å². The van der Waals surface area contributed by atoms with E-state index in [2.05, 4.69) is 25.6 Å². The molecule has 1 amide bonds. The first kappa shape index (κ1) is 16.1. The highest BCUT2D eigenvalue weighted by molar-refractivity contribution is 6.03. The minimum Gasteiger partial charge on any atom is -0.350 e. The molecule has 2 N–H and O–H groups in total. The molecule has 25 heavy (non-hydrogen) atoms. The Balaban J connectivity index is 1.68. The van der Waals surface area contributed by atoms with E-state index in [1.807, 2.05) is 18.2 Å². The molecular formula is C18H14N6O. The number of hydrogen-bond donors (Lipinski definition) is 2. The lowest BCUT2D eigenvalue weighted by Crippen LogP contribution is -2.15. The van der Waals surface area contributed by atoms with Crippen LogP contribution >= 0.6 is 0 Å². The number of nitrogens with one attached hydrogen (secondary N) is 2. The van der Waals surface area contributed by atoms with E-state index in [4.69, 9.17) is 5.26 Å². The second-order valence-electron chi connectivity index (χ2n) is 5.12. The number of nitrogens with zero attached hydrogens (tertiary/aromatic N) is 4. The van der Waals surface area contributed by atoms with Crippen molar-refractivity contribution in [3.8, 4) is 6.07 Å². The zero-order valence-corrected chi connectivity index (χ0v) is 13.2. The van der Waals surface area contributed by atoms with Crippen molar-refractivity contribution in [2.24, 2.45) is 0 Å². The van der Waals surface area contributed by atoms with E-state index in [0.29, 0.717) is 23.7 Å². The Kier molecular flexibility index (Phi) is 4.93. The van der Waals surface area contributed by atoms with Crippen molar-refractivity contribution in [1.82, 2.24) is 15.0 Å². The molecule has 0 spiro atoms. The molecule has 0 unspecified atom stereocenters. The summed E-state index contributed by atoms with van der Waals surface area (Å²) in [6.07, 6.45) is 4.93. The van der Waals surface area contributed by atoms with Crippen molar-refractivity contribution >= 4 is 17.5 Å². The highest BCUT2D eigenvalue weighted by Crippen LogP contribution is 2.12. The number of anilines is 2. The lowest BCUT2D eigenvalue weighted by Gasteiger charge is -2.07. The number of nitriles is 1. The van der Waals surface area contributed by atoms with Crippen LogP contribution in [0.1, 0.15) is 21.6 Å². The first-order chi connectivity index (χ1) is 12.2. The molecule has 7 heteroatoms. The van der Waals surface area contributed by atoms with Gasteiger partial charge in [-0.25, -0.2) is 9.97 Å². The molecule has 0 radical (unpaired) electrons. The van der Waals surface area contributed by atoms with Crippen LogP contribution in [0.15, 0.2) is 61.1 Å². The van der Waals surface area contributed by atoms with E-state index < -0.39 is 0 Å². The number of pyridine rings is 1. The van der Waals surface area contributed by atoms with Crippen LogP contribution in [0.2, 0.25) is 0 Å². The molecule has 3 aromatic rings. The number of rotatable bonds is 5. The quantitative estimate of drug-likeness (QED) is 0.745. The average molecular weight is 330 g/mol. The molecule has 0 atom stereocenters. The molecule has 0 aliphatic rings. The zero-order chi connectivity index (χ0) is 17.5. The lowest BCUT2D eigenvalue weighted by molar-refractivity contribution is 0.102. The van der Waals surface area contributed by atoms with Crippen LogP contribution in [-0.2, 0) is 6.54 Å². The van der Waals surface area contributed by atoms with Gasteiger partial charge in [-0.05, 0) is 42.0 Å². The topological polar surface area (TPSA) is 104 Å². The summed E-state index contributed by atoms with van der Waals surface area (Å²) >= 11 is 0. The summed E-state index contributed by atoms with van der Waals surface area (Å²) in [5.74, 6) is -0.0142. The largest absolute Gasteiger partial charge is 0.350 e. The van der Waals surface area contributed by atoms with E-state index in [9.17, 15) is 4.79 Å². The van der Waals surface area contributed by atoms with Gasteiger partial charge < -0.3 is 10.6 Å². The Bertz CT molecular complexity index is 920. The van der Waals surface area contributed by atoms with Crippen molar-refractivity contribution in [3.63, 3.8) is 0 Å². The van der Waals surface area contributed by atoms with E-state index in [1.165, 1.54) is 12.3 Å². The highest BCUT2D eigenvalue weighted by atomic mass is 16.1. The Labute approximate surface area is 144 Å². The second-order valence-corrected chi connectivity index (χ2v) is 5.12. The molecule has 122 valence electrons. The van der Waals surface area contributed by atoms with Gasteiger partial charge in [0.1, 0.15) is 5.69 Å². The first-order valence-corrected chi connectivity index (χ1v) is 7.52. The van der Waals surface area contributed by atoms with Gasteiger partial charge in [0.25, 0.3) is 5.91 Å². The van der Waals surface area contributed by atoms with Gasteiger partial charge in [-0.3, -0.25) is 9.78 Å². The third-order valence-electron chi connectivity index (χ3n) is 3.34. The molecule has 0 aliphatic heterocycles. The van der Waals surface area contributed by atoms with E-state index in [-0.39, 0.29) is 11.6 Å². The summed E-state index contributed by atoms with van der Waals surface area (Å²) in [5.41, 5.74) is 2.27. The van der Waals surface area contributed by atoms with Crippen LogP contribution in [0.5, 0.6) is 0 Å². The van der Waals surface area contributed by atoms with Gasteiger partial charge in [0.2, 0.25) is 5.95 Å². The van der Waals surface area contributed by atoms with Gasteiger partial charge in [0, 0.05) is 30.8 Å². The number of carbonyl (C=O) groups excluding carboxylic acids is 1. The van der Waals surface area contributed by atoms with Gasteiger partial charge in [0.05, 0.1) is 11.6 Å². The van der Waals surface area contributed by atoms with Crippen molar-refractivity contribution in [2.45, 2.75) is 6.54 Å². The second kappa shape index (κ2) is 7.66. The summed E-state index contributed by atoms with van der Waals surface area (Å²) in [5, 5.41) is 14.7. The fourth-order valence-corrected chi connectivity index (χ4v) is 2.11. The van der Waals surface area contributed by atoms with Gasteiger partial charge in [0.15, 0.2) is 0 Å². The van der Waals surface area contributed by atoms with Crippen LogP contribution in [0, 0.1) is 11.3 Å². The molecule has 0 saturated carbocycles. The molecule has 0 saturated heterocycles. The smallest absolute Gasteiger partial charge is 0.274 e. The molecule has 2 aromatic heterocycles. The minimum absolute atomic E-state index is 0.231. The first-order valence-electron chi connectivity index (χ1n) is 7.52. The Hall–Kier alpha value is -3.79. The van der Waals surface area contributed by atoms with Gasteiger partial charge in [-0.2, -0.15) is 5.26 Å². The van der Waals surface area contributed by atoms with Crippen molar-refractivity contribution in [3.05, 3.63) is 77.9 Å². The molecule has 3 rings (SSSR count). The SMILES string of the molecule is N#Cc1cccc(NC(=O)c2ccnc(NCc3ccncc3)n2)c1. The molecule has 1 aromatic carbocycles. The zero-order valence-electron chi connectivity index (χ0n) is 13.2. The summed E-state index contributed by atoms with van der Waals surface area (Å²) in [4.78, 5) is 24.6. The fourth-order valence-electron chi connectivity index (χ4n) is 2.11. The van der Waals surface area contributed by atoms with Crippen molar-refractivity contribution in [2.75, 3.05) is 10.6 Å². The molecule has 0 fully saturated rings. The molecule has 0 aliphatic carbocycles. The maximum Gasteiger partial charge on any atom is 0.274 e. The third-order valence-corrected chi connectivity index (χ3v) is 3.34. The number of amides is 1. The van der Waals surface area contributed by atoms with Crippen LogP contribution in [-0.4, -0.2) is 20.9 Å². The lowest BCUT2D eigenvalue weighted by atomic mass is 10.2. The van der Waals surface area contributed by atoms with Crippen molar-refractivity contribution in [1.29, 1.82) is 5.26 Å². The number of carbonyl (C=O) groups is 1. The standard InChI is InChI=1S/C18H14N6O/c19-11-14-2-1-3-15(10-14)23-17(25)16-6-9-21-18(24-16)22-12-13-4-7-20-8-5-13/h1-10H,12H2,(H,23,25)(H,21,22,24). The maximum atomic E-state index is 12.3. The third kappa shape index (κ3) is 4.36. The monoisotopic (exact) mass is 330 g/mol. The molecular weight excluding hydrogens is 316 g/mol. The van der Waals surface area contributed by atoms with Gasteiger partial charge >= 0.3 is 0 Å². The van der Waals surface area contributed by atoms with Crippen LogP contribution in [0.25, 0.3) is 0 Å². The molecule has 7 nitrogen and oxygen atoms in total. The van der Waals surface area contributed by atoms with Crippen LogP contribution < -0.4 is 10.6 Å². The summed E-state index contributed by atoms with van der Waals surface area (Å²) in [7, 11) is 0. The Morgan fingerprint density at radius 2 is 1.96 bits per heavy atom. The predicted octanol–water partition coefficient (Wildman–Crippen LogP) is 2.61. The Morgan fingerprint density at radius 1 is 1.12 bits per heavy atom. The van der Waals surface area contributed by atoms with E-state index >= 15 is 0 Å². The molecule has 0 bridgehead atoms. The summed E-state index contributed by atoms with van der Waals surface area (Å²) in [6.45, 7) is 0.526.